The molecule has 0 aliphatic rings. The van der Waals surface area contributed by atoms with Crippen molar-refractivity contribution in [3.63, 3.8) is 0 Å². The summed E-state index contributed by atoms with van der Waals surface area (Å²) in [5.41, 5.74) is -0.557. The van der Waals surface area contributed by atoms with Crippen LogP contribution in [0.15, 0.2) is 12.2 Å². The quantitative estimate of drug-likeness (QED) is 0.261. The van der Waals surface area contributed by atoms with Gasteiger partial charge in [0.1, 0.15) is 12.2 Å². The maximum absolute atomic E-state index is 11.7. The van der Waals surface area contributed by atoms with E-state index < -0.39 is 17.5 Å². The van der Waals surface area contributed by atoms with E-state index in [1.165, 1.54) is 0 Å². The van der Waals surface area contributed by atoms with Crippen LogP contribution in [0.5, 0.6) is 0 Å². The Kier molecular flexibility index (Phi) is 12.4. The highest BCUT2D eigenvalue weighted by Crippen LogP contribution is 2.14. The summed E-state index contributed by atoms with van der Waals surface area (Å²) in [6.07, 6.45) is 8.42. The molecule has 0 atom stereocenters. The van der Waals surface area contributed by atoms with E-state index in [1.807, 2.05) is 0 Å². The van der Waals surface area contributed by atoms with E-state index in [0.29, 0.717) is 12.0 Å². The van der Waals surface area contributed by atoms with Crippen LogP contribution < -0.4 is 0 Å². The highest BCUT2D eigenvalue weighted by atomic mass is 16.6. The maximum atomic E-state index is 11.7. The summed E-state index contributed by atoms with van der Waals surface area (Å²) in [5, 5.41) is 8.54. The molecule has 0 aromatic heterocycles. The Bertz CT molecular complexity index is 467. The fourth-order valence-corrected chi connectivity index (χ4v) is 2.30. The van der Waals surface area contributed by atoms with Crippen molar-refractivity contribution in [2.75, 3.05) is 6.61 Å². The second kappa shape index (κ2) is 13.4. The molecule has 0 radical (unpaired) electrons. The van der Waals surface area contributed by atoms with Gasteiger partial charge in [-0.2, -0.15) is 0 Å². The lowest BCUT2D eigenvalue weighted by Crippen LogP contribution is -2.34. The van der Waals surface area contributed by atoms with Crippen molar-refractivity contribution in [2.24, 2.45) is 0 Å². The van der Waals surface area contributed by atoms with Crippen LogP contribution >= 0.6 is 0 Å². The maximum Gasteiger partial charge on any atom is 0.333 e. The fourth-order valence-electron chi connectivity index (χ4n) is 2.30. The molecule has 0 heterocycles. The first kappa shape index (κ1) is 24.1. The molecule has 0 unspecified atom stereocenters. The topological polar surface area (TPSA) is 89.9 Å². The van der Waals surface area contributed by atoms with E-state index in [4.69, 9.17) is 14.6 Å². The number of esters is 2. The van der Waals surface area contributed by atoms with Crippen molar-refractivity contribution >= 4 is 17.9 Å². The number of carboxylic acid groups (broad SMARTS) is 1. The third-order valence-electron chi connectivity index (χ3n) is 3.82. The van der Waals surface area contributed by atoms with E-state index in [1.54, 1.807) is 20.8 Å². The Morgan fingerprint density at radius 1 is 0.885 bits per heavy atom. The van der Waals surface area contributed by atoms with E-state index in [2.05, 4.69) is 6.58 Å². The standard InChI is InChI=1S/C20H34O6/c1-16(2)19(24)26-20(3,4)15-25-18(23)14-12-10-8-6-5-7-9-11-13-17(21)22/h1,5-15H2,2-4H3,(H,21,22). The van der Waals surface area contributed by atoms with Gasteiger partial charge in [-0.05, 0) is 33.6 Å². The van der Waals surface area contributed by atoms with Gasteiger partial charge >= 0.3 is 17.9 Å². The Balaban J connectivity index is 3.61. The molecule has 0 aromatic carbocycles. The Labute approximate surface area is 156 Å². The van der Waals surface area contributed by atoms with Gasteiger partial charge in [-0.25, -0.2) is 4.79 Å². The minimum atomic E-state index is -0.869. The van der Waals surface area contributed by atoms with Crippen molar-refractivity contribution in [1.29, 1.82) is 0 Å². The molecule has 0 amide bonds. The lowest BCUT2D eigenvalue weighted by atomic mass is 10.1. The first-order valence-corrected chi connectivity index (χ1v) is 9.40. The van der Waals surface area contributed by atoms with Gasteiger partial charge in [0.25, 0.3) is 0 Å². The van der Waals surface area contributed by atoms with E-state index in [-0.39, 0.29) is 19.0 Å². The summed E-state index contributed by atoms with van der Waals surface area (Å²) in [7, 11) is 0. The first-order chi connectivity index (χ1) is 12.1. The molecule has 0 spiro atoms. The molecule has 6 heteroatoms. The van der Waals surface area contributed by atoms with Gasteiger partial charge in [0.2, 0.25) is 0 Å². The number of carboxylic acids is 1. The van der Waals surface area contributed by atoms with Gasteiger partial charge in [-0.3, -0.25) is 9.59 Å². The van der Waals surface area contributed by atoms with Crippen molar-refractivity contribution in [2.45, 2.75) is 90.6 Å². The van der Waals surface area contributed by atoms with Crippen LogP contribution in [0.1, 0.15) is 85.0 Å². The Hall–Kier alpha value is -1.85. The SMILES string of the molecule is C=C(C)C(=O)OC(C)(C)COC(=O)CCCCCCCCCCC(=O)O. The van der Waals surface area contributed by atoms with E-state index >= 15 is 0 Å². The molecule has 0 aromatic rings. The lowest BCUT2D eigenvalue weighted by molar-refractivity contribution is -0.165. The molecule has 0 aliphatic carbocycles. The number of hydrogen-bond acceptors (Lipinski definition) is 5. The van der Waals surface area contributed by atoms with Crippen molar-refractivity contribution in [1.82, 2.24) is 0 Å². The van der Waals surface area contributed by atoms with Gasteiger partial charge < -0.3 is 14.6 Å². The normalized spacial score (nSPS) is 11.0. The zero-order valence-corrected chi connectivity index (χ0v) is 16.5. The zero-order valence-electron chi connectivity index (χ0n) is 16.5. The van der Waals surface area contributed by atoms with Gasteiger partial charge in [-0.15, -0.1) is 0 Å². The number of ether oxygens (including phenoxy) is 2. The van der Waals surface area contributed by atoms with Crippen LogP contribution in [0, 0.1) is 0 Å². The van der Waals surface area contributed by atoms with Crippen LogP contribution in [-0.4, -0.2) is 35.2 Å². The molecule has 0 saturated carbocycles. The molecule has 0 aliphatic heterocycles. The van der Waals surface area contributed by atoms with Crippen LogP contribution in [0.2, 0.25) is 0 Å². The molecule has 1 N–H and O–H groups in total. The fraction of sp³-hybridized carbons (Fsp3) is 0.750. The second-order valence-electron chi connectivity index (χ2n) is 7.31. The minimum Gasteiger partial charge on any atom is -0.481 e. The number of carbonyl (C=O) groups is 3. The molecule has 0 fully saturated rings. The van der Waals surface area contributed by atoms with Gasteiger partial charge in [0.05, 0.1) is 0 Å². The van der Waals surface area contributed by atoms with Crippen LogP contribution in [0.25, 0.3) is 0 Å². The van der Waals surface area contributed by atoms with Crippen molar-refractivity contribution in [3.05, 3.63) is 12.2 Å². The van der Waals surface area contributed by atoms with Crippen molar-refractivity contribution in [3.8, 4) is 0 Å². The molecular weight excluding hydrogens is 336 g/mol. The van der Waals surface area contributed by atoms with Gasteiger partial charge in [0, 0.05) is 18.4 Å². The Morgan fingerprint density at radius 2 is 1.35 bits per heavy atom. The van der Waals surface area contributed by atoms with Gasteiger partial charge in [0.15, 0.2) is 0 Å². The predicted molar refractivity (Wildman–Crippen MR) is 99.7 cm³/mol. The van der Waals surface area contributed by atoms with Crippen LogP contribution in [-0.2, 0) is 23.9 Å². The third-order valence-corrected chi connectivity index (χ3v) is 3.82. The second-order valence-corrected chi connectivity index (χ2v) is 7.31. The smallest absolute Gasteiger partial charge is 0.333 e. The predicted octanol–water partition coefficient (Wildman–Crippen LogP) is 4.41. The Morgan fingerprint density at radius 3 is 1.81 bits per heavy atom. The van der Waals surface area contributed by atoms with Crippen LogP contribution in [0.4, 0.5) is 0 Å². The summed E-state index contributed by atoms with van der Waals surface area (Å²) in [5.74, 6) is -1.50. The average molecular weight is 370 g/mol. The largest absolute Gasteiger partial charge is 0.481 e. The summed E-state index contributed by atoms with van der Waals surface area (Å²) >= 11 is 0. The highest BCUT2D eigenvalue weighted by molar-refractivity contribution is 5.87. The number of carbonyl (C=O) groups excluding carboxylic acids is 2. The number of unbranched alkanes of at least 4 members (excludes halogenated alkanes) is 7. The van der Waals surface area contributed by atoms with E-state index in [9.17, 15) is 14.4 Å². The minimum absolute atomic E-state index is 0.0290. The molecule has 0 rings (SSSR count). The summed E-state index contributed by atoms with van der Waals surface area (Å²) in [6, 6.07) is 0. The van der Waals surface area contributed by atoms with Crippen LogP contribution in [0.3, 0.4) is 0 Å². The summed E-state index contributed by atoms with van der Waals surface area (Å²) in [6.45, 7) is 8.50. The average Bonchev–Trinajstić information content (AvgIpc) is 2.54. The molecule has 0 bridgehead atoms. The number of hydrogen-bond donors (Lipinski definition) is 1. The van der Waals surface area contributed by atoms with Crippen molar-refractivity contribution < 1.29 is 29.0 Å². The molecular formula is C20H34O6. The highest BCUT2D eigenvalue weighted by Gasteiger charge is 2.25. The van der Waals surface area contributed by atoms with Gasteiger partial charge in [-0.1, -0.05) is 45.1 Å². The molecule has 6 nitrogen and oxygen atoms in total. The third kappa shape index (κ3) is 14.5. The van der Waals surface area contributed by atoms with E-state index in [0.717, 1.165) is 51.4 Å². The zero-order chi connectivity index (χ0) is 20.0. The molecule has 150 valence electrons. The molecule has 0 saturated heterocycles. The first-order valence-electron chi connectivity index (χ1n) is 9.40. The summed E-state index contributed by atoms with van der Waals surface area (Å²) in [4.78, 5) is 33.6. The summed E-state index contributed by atoms with van der Waals surface area (Å²) < 4.78 is 10.4. The number of aliphatic carboxylic acids is 1. The monoisotopic (exact) mass is 370 g/mol. The molecule has 26 heavy (non-hydrogen) atoms. The number of rotatable bonds is 15. The lowest BCUT2D eigenvalue weighted by Gasteiger charge is -2.24.